The minimum absolute atomic E-state index is 0. The summed E-state index contributed by atoms with van der Waals surface area (Å²) in [5.74, 6) is 5.74. The van der Waals surface area contributed by atoms with Gasteiger partial charge in [0.2, 0.25) is 5.91 Å². The maximum absolute atomic E-state index is 12.6. The lowest BCUT2D eigenvalue weighted by atomic mass is 9.44. The fourth-order valence-corrected chi connectivity index (χ4v) is 10.4. The molecule has 0 saturated heterocycles. The van der Waals surface area contributed by atoms with E-state index in [2.05, 4.69) is 47.1 Å². The fraction of sp³-hybridized carbons (Fsp3) is 0.969. The van der Waals surface area contributed by atoms with Gasteiger partial charge in [-0.05, 0) is 111 Å². The van der Waals surface area contributed by atoms with Crippen molar-refractivity contribution < 1.29 is 33.3 Å². The third-order valence-electron chi connectivity index (χ3n) is 12.3. The first kappa shape index (κ1) is 30.7. The van der Waals surface area contributed by atoms with Crippen molar-refractivity contribution in [3.05, 3.63) is 0 Å². The molecule has 4 heteroatoms. The number of halogens is 1. The molecular formula is C32H59IN2O. The van der Waals surface area contributed by atoms with Crippen molar-refractivity contribution in [2.75, 3.05) is 33.7 Å². The van der Waals surface area contributed by atoms with Gasteiger partial charge in [0.15, 0.2) is 0 Å². The molecule has 4 saturated carbocycles. The summed E-state index contributed by atoms with van der Waals surface area (Å²) in [6, 6.07) is 0. The first-order valence-electron chi connectivity index (χ1n) is 15.7. The van der Waals surface area contributed by atoms with Crippen LogP contribution >= 0.6 is 0 Å². The van der Waals surface area contributed by atoms with Gasteiger partial charge in [-0.3, -0.25) is 4.79 Å². The van der Waals surface area contributed by atoms with Crippen molar-refractivity contribution in [3.8, 4) is 0 Å². The van der Waals surface area contributed by atoms with Crippen LogP contribution in [0.3, 0.4) is 0 Å². The molecule has 1 amide bonds. The topological polar surface area (TPSA) is 29.1 Å². The van der Waals surface area contributed by atoms with E-state index in [1.807, 2.05) is 0 Å². The van der Waals surface area contributed by atoms with Gasteiger partial charge in [-0.15, -0.1) is 0 Å². The van der Waals surface area contributed by atoms with Crippen LogP contribution in [0.25, 0.3) is 0 Å². The van der Waals surface area contributed by atoms with Crippen molar-refractivity contribution in [2.45, 2.75) is 118 Å². The Bertz CT molecular complexity index is 725. The summed E-state index contributed by atoms with van der Waals surface area (Å²) in [5, 5.41) is 3.23. The average Bonchev–Trinajstić information content (AvgIpc) is 3.17. The molecule has 0 bridgehead atoms. The molecule has 3 nitrogen and oxygen atoms in total. The van der Waals surface area contributed by atoms with Crippen LogP contribution in [0.1, 0.15) is 118 Å². The number of hydrogen-bond acceptors (Lipinski definition) is 1. The maximum Gasteiger partial charge on any atom is 0.220 e. The van der Waals surface area contributed by atoms with Gasteiger partial charge in [-0.25, -0.2) is 0 Å². The predicted molar refractivity (Wildman–Crippen MR) is 148 cm³/mol. The molecule has 4 aliphatic rings. The van der Waals surface area contributed by atoms with Crippen LogP contribution < -0.4 is 29.3 Å². The highest BCUT2D eigenvalue weighted by Crippen LogP contribution is 2.68. The van der Waals surface area contributed by atoms with Gasteiger partial charge < -0.3 is 33.8 Å². The lowest BCUT2D eigenvalue weighted by Gasteiger charge is -2.61. The Morgan fingerprint density at radius 3 is 2.44 bits per heavy atom. The van der Waals surface area contributed by atoms with E-state index in [1.165, 1.54) is 77.2 Å². The normalized spacial score (nSPS) is 38.8. The van der Waals surface area contributed by atoms with Crippen LogP contribution in [0.15, 0.2) is 0 Å². The molecule has 0 aromatic heterocycles. The number of nitrogens with zero attached hydrogens (tertiary/aromatic N) is 1. The molecule has 36 heavy (non-hydrogen) atoms. The number of fused-ring (bicyclic) bond motifs is 5. The molecule has 4 fully saturated rings. The first-order chi connectivity index (χ1) is 16.6. The van der Waals surface area contributed by atoms with Crippen molar-refractivity contribution in [2.24, 2.45) is 46.3 Å². The number of quaternary nitrogens is 1. The van der Waals surface area contributed by atoms with Crippen LogP contribution in [-0.4, -0.2) is 44.1 Å². The molecule has 210 valence electrons. The highest BCUT2D eigenvalue weighted by molar-refractivity contribution is 5.75. The largest absolute Gasteiger partial charge is 1.00 e. The summed E-state index contributed by atoms with van der Waals surface area (Å²) in [5.41, 5.74) is 1.17. The number of carbonyl (C=O) groups is 1. The second kappa shape index (κ2) is 12.6. The van der Waals surface area contributed by atoms with E-state index in [9.17, 15) is 4.79 Å². The van der Waals surface area contributed by atoms with E-state index in [4.69, 9.17) is 0 Å². The number of nitrogens with one attached hydrogen (secondary N) is 1. The van der Waals surface area contributed by atoms with E-state index < -0.39 is 0 Å². The highest BCUT2D eigenvalue weighted by atomic mass is 127. The zero-order valence-corrected chi connectivity index (χ0v) is 26.9. The van der Waals surface area contributed by atoms with Crippen molar-refractivity contribution in [1.29, 1.82) is 0 Å². The average molecular weight is 615 g/mol. The van der Waals surface area contributed by atoms with E-state index in [-0.39, 0.29) is 29.9 Å². The van der Waals surface area contributed by atoms with Gasteiger partial charge in [0, 0.05) is 19.4 Å². The van der Waals surface area contributed by atoms with Crippen LogP contribution in [-0.2, 0) is 4.79 Å². The van der Waals surface area contributed by atoms with Crippen LogP contribution in [0.5, 0.6) is 0 Å². The molecule has 0 heterocycles. The summed E-state index contributed by atoms with van der Waals surface area (Å²) in [4.78, 5) is 12.6. The van der Waals surface area contributed by atoms with E-state index in [1.54, 1.807) is 0 Å². The molecule has 1 N–H and O–H groups in total. The Balaban J connectivity index is 0.00000361. The van der Waals surface area contributed by atoms with Crippen molar-refractivity contribution in [3.63, 3.8) is 0 Å². The van der Waals surface area contributed by atoms with Gasteiger partial charge in [0.25, 0.3) is 0 Å². The van der Waals surface area contributed by atoms with Crippen LogP contribution in [0.4, 0.5) is 0 Å². The second-order valence-electron chi connectivity index (χ2n) is 14.7. The quantitative estimate of drug-likeness (QED) is 0.220. The van der Waals surface area contributed by atoms with E-state index in [0.717, 1.165) is 66.4 Å². The molecule has 1 unspecified atom stereocenters. The standard InChI is InChI=1S/C32H58N2O.HI/c1-7-22-34(5,6)23-10-21-33-30(35)17-12-24(2)27-15-16-28-26-14-13-25-11-8-9-19-31(25,3)29(26)18-20-32(27,28)4;/h24-29H,7-23H2,1-6H3;1H/t24-,25?,26+,27-,28+,29+,31+,32-;/m1./s1. The molecule has 0 aliphatic heterocycles. The Morgan fingerprint density at radius 1 is 0.944 bits per heavy atom. The first-order valence-corrected chi connectivity index (χ1v) is 15.7. The number of hydrogen-bond donors (Lipinski definition) is 1. The number of amides is 1. The van der Waals surface area contributed by atoms with Gasteiger partial charge in [-0.1, -0.05) is 40.5 Å². The molecule has 4 rings (SSSR count). The molecule has 0 spiro atoms. The zero-order valence-electron chi connectivity index (χ0n) is 24.7. The fourth-order valence-electron chi connectivity index (χ4n) is 10.4. The Morgan fingerprint density at radius 2 is 1.69 bits per heavy atom. The Hall–Kier alpha value is 0.160. The summed E-state index contributed by atoms with van der Waals surface area (Å²) in [7, 11) is 4.61. The monoisotopic (exact) mass is 614 g/mol. The van der Waals surface area contributed by atoms with Crippen LogP contribution in [0.2, 0.25) is 0 Å². The molecule has 8 atom stereocenters. The lowest BCUT2D eigenvalue weighted by molar-refractivity contribution is -0.890. The number of carbonyl (C=O) groups excluding carboxylic acids is 1. The zero-order chi connectivity index (χ0) is 25.3. The third-order valence-corrected chi connectivity index (χ3v) is 12.3. The minimum atomic E-state index is 0. The summed E-state index contributed by atoms with van der Waals surface area (Å²) in [6.45, 7) is 13.3. The third kappa shape index (κ3) is 6.31. The Labute approximate surface area is 241 Å². The molecule has 4 aliphatic carbocycles. The van der Waals surface area contributed by atoms with Crippen molar-refractivity contribution >= 4 is 5.91 Å². The van der Waals surface area contributed by atoms with Crippen molar-refractivity contribution in [1.82, 2.24) is 5.32 Å². The SMILES string of the molecule is CCC[N+](C)(C)CCCNC(=O)CC[C@@H](C)[C@H]1CC[C@H]2[C@@H]3CCC4CCCC[C@]4(C)[C@H]3CC[C@]12C.[I-]. The second-order valence-corrected chi connectivity index (χ2v) is 14.7. The summed E-state index contributed by atoms with van der Waals surface area (Å²) in [6.07, 6.45) is 18.9. The molecule has 0 radical (unpaired) electrons. The summed E-state index contributed by atoms with van der Waals surface area (Å²) < 4.78 is 1.06. The number of rotatable bonds is 10. The maximum atomic E-state index is 12.6. The highest BCUT2D eigenvalue weighted by Gasteiger charge is 2.60. The molecule has 0 aromatic carbocycles. The Kier molecular flexibility index (Phi) is 10.7. The molecule has 0 aromatic rings. The minimum Gasteiger partial charge on any atom is -1.00 e. The smallest absolute Gasteiger partial charge is 0.220 e. The lowest BCUT2D eigenvalue weighted by Crippen LogP contribution is -3.00. The van der Waals surface area contributed by atoms with Gasteiger partial charge in [-0.2, -0.15) is 0 Å². The van der Waals surface area contributed by atoms with Gasteiger partial charge in [0.1, 0.15) is 0 Å². The van der Waals surface area contributed by atoms with Crippen LogP contribution in [0, 0.1) is 46.3 Å². The molecular weight excluding hydrogens is 555 g/mol. The van der Waals surface area contributed by atoms with Gasteiger partial charge >= 0.3 is 0 Å². The van der Waals surface area contributed by atoms with E-state index in [0.29, 0.717) is 16.7 Å². The predicted octanol–water partition coefficient (Wildman–Crippen LogP) is 4.45. The van der Waals surface area contributed by atoms with Gasteiger partial charge in [0.05, 0.1) is 27.2 Å². The van der Waals surface area contributed by atoms with E-state index >= 15 is 0 Å². The summed E-state index contributed by atoms with van der Waals surface area (Å²) >= 11 is 0.